The minimum atomic E-state index is 0.496. The maximum atomic E-state index is 3.97. The molecule has 2 rings (SSSR count). The molecule has 13 heavy (non-hydrogen) atoms. The Kier molecular flexibility index (Phi) is 1.94. The van der Waals surface area contributed by atoms with Gasteiger partial charge in [-0.05, 0) is 25.2 Å². The van der Waals surface area contributed by atoms with Gasteiger partial charge in [0.1, 0.15) is 6.33 Å². The first-order valence-electron chi connectivity index (χ1n) is 4.72. The van der Waals surface area contributed by atoms with Gasteiger partial charge in [-0.25, -0.2) is 9.97 Å². The fourth-order valence-electron chi connectivity index (χ4n) is 1.43. The molecule has 1 aromatic rings. The third kappa shape index (κ3) is 1.79. The van der Waals surface area contributed by atoms with Crippen LogP contribution in [0.3, 0.4) is 0 Å². The van der Waals surface area contributed by atoms with E-state index in [2.05, 4.69) is 29.1 Å². The summed E-state index contributed by atoms with van der Waals surface area (Å²) in [6.45, 7) is 4.54. The van der Waals surface area contributed by atoms with Crippen LogP contribution in [-0.4, -0.2) is 16.0 Å². The van der Waals surface area contributed by atoms with Crippen LogP contribution in [0.2, 0.25) is 0 Å². The Bertz CT molecular complexity index is 279. The molecule has 70 valence electrons. The number of nitrogens with zero attached hydrogens (tertiary/aromatic N) is 2. The maximum absolute atomic E-state index is 3.97. The highest BCUT2D eigenvalue weighted by Gasteiger charge is 2.42. The van der Waals surface area contributed by atoms with Crippen LogP contribution in [0.4, 0.5) is 5.69 Å². The predicted octanol–water partition coefficient (Wildman–Crippen LogP) is 2.08. The van der Waals surface area contributed by atoms with Gasteiger partial charge in [-0.2, -0.15) is 0 Å². The lowest BCUT2D eigenvalue weighted by atomic mass is 10.0. The van der Waals surface area contributed by atoms with E-state index in [1.807, 2.05) is 12.4 Å². The molecule has 1 atom stereocenters. The average Bonchev–Trinajstić information content (AvgIpc) is 2.87. The Balaban J connectivity index is 1.98. The zero-order chi connectivity index (χ0) is 9.31. The molecule has 1 aliphatic carbocycles. The first kappa shape index (κ1) is 8.48. The highest BCUT2D eigenvalue weighted by molar-refractivity contribution is 5.39. The van der Waals surface area contributed by atoms with Gasteiger partial charge in [0.05, 0.1) is 18.1 Å². The van der Waals surface area contributed by atoms with Crippen molar-refractivity contribution in [3.63, 3.8) is 0 Å². The second-order valence-corrected chi connectivity index (χ2v) is 4.15. The van der Waals surface area contributed by atoms with E-state index in [4.69, 9.17) is 0 Å². The van der Waals surface area contributed by atoms with Gasteiger partial charge >= 0.3 is 0 Å². The topological polar surface area (TPSA) is 37.8 Å². The van der Waals surface area contributed by atoms with E-state index in [0.717, 1.165) is 5.69 Å². The molecule has 1 heterocycles. The Hall–Kier alpha value is -1.12. The van der Waals surface area contributed by atoms with Crippen LogP contribution >= 0.6 is 0 Å². The maximum Gasteiger partial charge on any atom is 0.115 e. The molecule has 0 amide bonds. The number of nitrogens with one attached hydrogen (secondary N) is 1. The quantitative estimate of drug-likeness (QED) is 0.768. The van der Waals surface area contributed by atoms with Crippen molar-refractivity contribution in [2.75, 3.05) is 5.32 Å². The van der Waals surface area contributed by atoms with Crippen molar-refractivity contribution in [1.82, 2.24) is 9.97 Å². The molecule has 0 bridgehead atoms. The lowest BCUT2D eigenvalue weighted by Gasteiger charge is -2.20. The van der Waals surface area contributed by atoms with Gasteiger partial charge in [0, 0.05) is 6.04 Å². The fourth-order valence-corrected chi connectivity index (χ4v) is 1.43. The highest BCUT2D eigenvalue weighted by Crippen LogP contribution is 2.48. The third-order valence-corrected chi connectivity index (χ3v) is 3.03. The van der Waals surface area contributed by atoms with Gasteiger partial charge in [0.15, 0.2) is 0 Å². The Morgan fingerprint density at radius 1 is 1.38 bits per heavy atom. The monoisotopic (exact) mass is 177 g/mol. The summed E-state index contributed by atoms with van der Waals surface area (Å²) in [5, 5.41) is 3.42. The lowest BCUT2D eigenvalue weighted by molar-refractivity contribution is 0.493. The van der Waals surface area contributed by atoms with Gasteiger partial charge in [-0.3, -0.25) is 0 Å². The SMILES string of the molecule is CC(Nc1cncnc1)C1(C)CC1. The molecule has 1 aliphatic rings. The second kappa shape index (κ2) is 2.98. The van der Waals surface area contributed by atoms with Crippen LogP contribution in [0.5, 0.6) is 0 Å². The molecule has 1 unspecified atom stereocenters. The zero-order valence-electron chi connectivity index (χ0n) is 8.12. The van der Waals surface area contributed by atoms with Crippen molar-refractivity contribution in [3.8, 4) is 0 Å². The van der Waals surface area contributed by atoms with Gasteiger partial charge in [0.2, 0.25) is 0 Å². The standard InChI is InChI=1S/C10H15N3/c1-8(10(2)3-4-10)13-9-5-11-7-12-6-9/h5-8,13H,3-4H2,1-2H3. The number of hydrogen-bond acceptors (Lipinski definition) is 3. The van der Waals surface area contributed by atoms with Crippen LogP contribution in [0.1, 0.15) is 26.7 Å². The Morgan fingerprint density at radius 2 is 2.00 bits per heavy atom. The third-order valence-electron chi connectivity index (χ3n) is 3.03. The van der Waals surface area contributed by atoms with Gasteiger partial charge in [-0.1, -0.05) is 6.92 Å². The van der Waals surface area contributed by atoms with Crippen molar-refractivity contribution in [2.45, 2.75) is 32.7 Å². The predicted molar refractivity (Wildman–Crippen MR) is 52.5 cm³/mol. The van der Waals surface area contributed by atoms with Crippen LogP contribution in [-0.2, 0) is 0 Å². The minimum absolute atomic E-state index is 0.496. The molecule has 1 N–H and O–H groups in total. The van der Waals surface area contributed by atoms with Gasteiger partial charge in [-0.15, -0.1) is 0 Å². The molecular formula is C10H15N3. The second-order valence-electron chi connectivity index (χ2n) is 4.15. The molecule has 1 fully saturated rings. The zero-order valence-corrected chi connectivity index (χ0v) is 8.12. The molecular weight excluding hydrogens is 162 g/mol. The molecule has 0 radical (unpaired) electrons. The molecule has 3 nitrogen and oxygen atoms in total. The summed E-state index contributed by atoms with van der Waals surface area (Å²) in [5.74, 6) is 0. The Labute approximate surface area is 78.6 Å². The summed E-state index contributed by atoms with van der Waals surface area (Å²) in [4.78, 5) is 7.93. The fraction of sp³-hybridized carbons (Fsp3) is 0.600. The van der Waals surface area contributed by atoms with E-state index in [0.29, 0.717) is 11.5 Å². The molecule has 0 aliphatic heterocycles. The van der Waals surface area contributed by atoms with Crippen molar-refractivity contribution >= 4 is 5.69 Å². The van der Waals surface area contributed by atoms with Crippen LogP contribution in [0.25, 0.3) is 0 Å². The number of rotatable bonds is 3. The summed E-state index contributed by atoms with van der Waals surface area (Å²) in [6, 6.07) is 0.513. The summed E-state index contributed by atoms with van der Waals surface area (Å²) < 4.78 is 0. The van der Waals surface area contributed by atoms with E-state index in [-0.39, 0.29) is 0 Å². The molecule has 0 saturated heterocycles. The van der Waals surface area contributed by atoms with E-state index in [1.54, 1.807) is 6.33 Å². The van der Waals surface area contributed by atoms with Crippen molar-refractivity contribution in [3.05, 3.63) is 18.7 Å². The molecule has 1 aromatic heterocycles. The van der Waals surface area contributed by atoms with Crippen molar-refractivity contribution in [2.24, 2.45) is 5.41 Å². The lowest BCUT2D eigenvalue weighted by Crippen LogP contribution is -2.24. The summed E-state index contributed by atoms with van der Waals surface area (Å²) in [7, 11) is 0. The molecule has 3 heteroatoms. The Morgan fingerprint density at radius 3 is 2.54 bits per heavy atom. The van der Waals surface area contributed by atoms with Crippen molar-refractivity contribution in [1.29, 1.82) is 0 Å². The first-order valence-corrected chi connectivity index (χ1v) is 4.72. The van der Waals surface area contributed by atoms with Gasteiger partial charge < -0.3 is 5.32 Å². The summed E-state index contributed by atoms with van der Waals surface area (Å²) >= 11 is 0. The van der Waals surface area contributed by atoms with Crippen LogP contribution in [0.15, 0.2) is 18.7 Å². The van der Waals surface area contributed by atoms with E-state index in [9.17, 15) is 0 Å². The van der Waals surface area contributed by atoms with Crippen LogP contribution < -0.4 is 5.32 Å². The smallest absolute Gasteiger partial charge is 0.115 e. The van der Waals surface area contributed by atoms with E-state index >= 15 is 0 Å². The minimum Gasteiger partial charge on any atom is -0.380 e. The molecule has 1 saturated carbocycles. The number of hydrogen-bond donors (Lipinski definition) is 1. The normalized spacial score (nSPS) is 20.8. The summed E-state index contributed by atoms with van der Waals surface area (Å²) in [6.07, 6.45) is 7.84. The molecule has 0 spiro atoms. The van der Waals surface area contributed by atoms with Crippen molar-refractivity contribution < 1.29 is 0 Å². The van der Waals surface area contributed by atoms with Crippen LogP contribution in [0, 0.1) is 5.41 Å². The first-order chi connectivity index (χ1) is 6.21. The largest absolute Gasteiger partial charge is 0.380 e. The highest BCUT2D eigenvalue weighted by atomic mass is 15.0. The molecule has 0 aromatic carbocycles. The summed E-state index contributed by atoms with van der Waals surface area (Å²) in [5.41, 5.74) is 1.51. The number of anilines is 1. The average molecular weight is 177 g/mol. The van der Waals surface area contributed by atoms with E-state index < -0.39 is 0 Å². The van der Waals surface area contributed by atoms with E-state index in [1.165, 1.54) is 12.8 Å². The number of aromatic nitrogens is 2. The van der Waals surface area contributed by atoms with Gasteiger partial charge in [0.25, 0.3) is 0 Å².